The Morgan fingerprint density at radius 1 is 0.769 bits per heavy atom. The van der Waals surface area contributed by atoms with Crippen LogP contribution in [0.25, 0.3) is 0 Å². The molecule has 1 atom stereocenters. The fourth-order valence-corrected chi connectivity index (χ4v) is 16.2. The van der Waals surface area contributed by atoms with Crippen LogP contribution in [0.15, 0.2) is 4.52 Å². The van der Waals surface area contributed by atoms with Crippen molar-refractivity contribution in [2.75, 3.05) is 90.7 Å². The third-order valence-electron chi connectivity index (χ3n) is 6.10. The number of hydrogen-bond acceptors (Lipinski definition) is 7. The van der Waals surface area contributed by atoms with E-state index < -0.39 is 14.6 Å². The van der Waals surface area contributed by atoms with E-state index in [1.54, 1.807) is 0 Å². The van der Waals surface area contributed by atoms with Crippen molar-refractivity contribution < 1.29 is 4.89 Å². The van der Waals surface area contributed by atoms with Crippen molar-refractivity contribution in [2.24, 2.45) is 4.52 Å². The molecule has 1 aliphatic rings. The minimum absolute atomic E-state index is 0.204. The van der Waals surface area contributed by atoms with Gasteiger partial charge in [-0.1, -0.05) is 0 Å². The Morgan fingerprint density at radius 2 is 1.15 bits per heavy atom. The van der Waals surface area contributed by atoms with E-state index in [-0.39, 0.29) is 5.40 Å². The average Bonchev–Trinajstić information content (AvgIpc) is 2.87. The van der Waals surface area contributed by atoms with Crippen molar-refractivity contribution in [3.63, 3.8) is 0 Å². The summed E-state index contributed by atoms with van der Waals surface area (Å²) in [5.41, 5.74) is 0. The van der Waals surface area contributed by atoms with Crippen molar-refractivity contribution in [3.05, 3.63) is 0 Å². The molecule has 1 saturated heterocycles. The van der Waals surface area contributed by atoms with E-state index in [9.17, 15) is 4.89 Å². The van der Waals surface area contributed by atoms with Gasteiger partial charge in [-0.2, -0.15) is 0 Å². The Balaban J connectivity index is 4.09. The molecule has 10 heteroatoms. The van der Waals surface area contributed by atoms with Gasteiger partial charge in [-0.25, -0.2) is 0 Å². The van der Waals surface area contributed by atoms with E-state index >= 15 is 0 Å². The molecule has 0 amide bonds. The SMILES string of the molecule is CN(C)C1(N(C)C)CCCP1(=NP(O)(N(C)C)(N(C)C)N(C)C)N(C)C. The third kappa shape index (κ3) is 3.02. The van der Waals surface area contributed by atoms with E-state index in [1.165, 1.54) is 0 Å². The van der Waals surface area contributed by atoms with Crippen LogP contribution in [0.1, 0.15) is 12.8 Å². The standard InChI is InChI=1S/C16H43N7OP2/c1-18(2)16(19(3)4)14-13-15-25(16,20(5)6)17-26(24,21(7)8,22(9)10)23(11)12/h24H,13-15H2,1-12H3. The second kappa shape index (κ2) is 7.66. The van der Waals surface area contributed by atoms with Gasteiger partial charge in [0.25, 0.3) is 0 Å². The Morgan fingerprint density at radius 3 is 1.42 bits per heavy atom. The van der Waals surface area contributed by atoms with Crippen molar-refractivity contribution in [1.29, 1.82) is 0 Å². The zero-order valence-electron chi connectivity index (χ0n) is 19.1. The first-order chi connectivity index (χ1) is 11.6. The van der Waals surface area contributed by atoms with Gasteiger partial charge in [-0.05, 0) is 0 Å². The zero-order valence-corrected chi connectivity index (χ0v) is 20.9. The van der Waals surface area contributed by atoms with Crippen LogP contribution in [0.3, 0.4) is 0 Å². The molecule has 0 aromatic carbocycles. The van der Waals surface area contributed by atoms with Crippen LogP contribution in [0.2, 0.25) is 0 Å². The molecule has 158 valence electrons. The maximum atomic E-state index is 12.4. The van der Waals surface area contributed by atoms with E-state index in [2.05, 4.69) is 56.8 Å². The molecule has 0 saturated carbocycles. The van der Waals surface area contributed by atoms with Gasteiger partial charge in [0.1, 0.15) is 0 Å². The Bertz CT molecular complexity index is 528. The van der Waals surface area contributed by atoms with Gasteiger partial charge in [-0.15, -0.1) is 0 Å². The van der Waals surface area contributed by atoms with Crippen LogP contribution < -0.4 is 0 Å². The fourth-order valence-electron chi connectivity index (χ4n) is 4.68. The van der Waals surface area contributed by atoms with E-state index in [0.717, 1.165) is 19.0 Å². The summed E-state index contributed by atoms with van der Waals surface area (Å²) in [6.07, 6.45) is 3.15. The molecule has 1 unspecified atom stereocenters. The summed E-state index contributed by atoms with van der Waals surface area (Å²) >= 11 is 0. The van der Waals surface area contributed by atoms with Crippen molar-refractivity contribution in [1.82, 2.24) is 28.5 Å². The summed E-state index contributed by atoms with van der Waals surface area (Å²) in [7, 11) is 18.5. The van der Waals surface area contributed by atoms with E-state index in [0.29, 0.717) is 0 Å². The molecule has 1 N–H and O–H groups in total. The summed E-state index contributed by atoms with van der Waals surface area (Å²) in [6.45, 7) is 0. The molecule has 0 spiro atoms. The van der Waals surface area contributed by atoms with Gasteiger partial charge in [-0.3, -0.25) is 0 Å². The molecule has 0 aromatic heterocycles. The summed E-state index contributed by atoms with van der Waals surface area (Å²) < 4.78 is 13.7. The van der Waals surface area contributed by atoms with Crippen LogP contribution >= 0.6 is 14.6 Å². The average molecular weight is 412 g/mol. The summed E-state index contributed by atoms with van der Waals surface area (Å²) in [6, 6.07) is 0. The summed E-state index contributed by atoms with van der Waals surface area (Å²) in [4.78, 5) is 17.0. The van der Waals surface area contributed by atoms with Crippen LogP contribution in [0, 0.1) is 0 Å². The fraction of sp³-hybridized carbons (Fsp3) is 1.00. The Hall–Kier alpha value is 0.380. The topological polar surface area (TPSA) is 52.0 Å². The molecule has 0 bridgehead atoms. The molecular formula is C16H43N7OP2. The van der Waals surface area contributed by atoms with Gasteiger partial charge in [0.2, 0.25) is 0 Å². The van der Waals surface area contributed by atoms with Crippen LogP contribution in [-0.2, 0) is 0 Å². The first-order valence-electron chi connectivity index (χ1n) is 9.11. The summed E-state index contributed by atoms with van der Waals surface area (Å²) in [5, 5.41) is -0.204. The van der Waals surface area contributed by atoms with Gasteiger partial charge >= 0.3 is 162 Å². The van der Waals surface area contributed by atoms with Crippen molar-refractivity contribution in [2.45, 2.75) is 18.2 Å². The molecule has 8 nitrogen and oxygen atoms in total. The molecular weight excluding hydrogens is 368 g/mol. The predicted molar refractivity (Wildman–Crippen MR) is 117 cm³/mol. The Kier molecular flexibility index (Phi) is 7.19. The first kappa shape index (κ1) is 24.4. The second-order valence-electron chi connectivity index (χ2n) is 8.49. The quantitative estimate of drug-likeness (QED) is 0.508. The molecule has 0 aliphatic carbocycles. The first-order valence-corrected chi connectivity index (χ1v) is 13.0. The van der Waals surface area contributed by atoms with Gasteiger partial charge in [0, 0.05) is 0 Å². The van der Waals surface area contributed by atoms with E-state index in [4.69, 9.17) is 4.52 Å². The van der Waals surface area contributed by atoms with Crippen LogP contribution in [0.5, 0.6) is 0 Å². The monoisotopic (exact) mass is 411 g/mol. The number of nitrogens with zero attached hydrogens (tertiary/aromatic N) is 7. The molecule has 0 radical (unpaired) electrons. The second-order valence-corrected chi connectivity index (χ2v) is 16.8. The van der Waals surface area contributed by atoms with Gasteiger partial charge < -0.3 is 0 Å². The molecule has 1 heterocycles. The van der Waals surface area contributed by atoms with Crippen LogP contribution in [-0.4, -0.2) is 130 Å². The summed E-state index contributed by atoms with van der Waals surface area (Å²) in [5.74, 6) is 0. The van der Waals surface area contributed by atoms with Crippen molar-refractivity contribution in [3.8, 4) is 0 Å². The normalized spacial score (nSPS) is 25.7. The van der Waals surface area contributed by atoms with Gasteiger partial charge in [0.05, 0.1) is 0 Å². The minimum atomic E-state index is -3.83. The van der Waals surface area contributed by atoms with Crippen molar-refractivity contribution >= 4 is 14.6 Å². The number of hydrogen-bond donors (Lipinski definition) is 1. The molecule has 1 fully saturated rings. The van der Waals surface area contributed by atoms with Gasteiger partial charge in [0.15, 0.2) is 0 Å². The predicted octanol–water partition coefficient (Wildman–Crippen LogP) is 2.04. The van der Waals surface area contributed by atoms with Crippen LogP contribution in [0.4, 0.5) is 0 Å². The van der Waals surface area contributed by atoms with E-state index in [1.807, 2.05) is 56.3 Å². The molecule has 1 rings (SSSR count). The molecule has 1 aliphatic heterocycles. The molecule has 26 heavy (non-hydrogen) atoms. The maximum absolute atomic E-state index is 12.4. The Labute approximate surface area is 162 Å². The number of rotatable bonds is 7. The molecule has 0 aromatic rings. The third-order valence-corrected chi connectivity index (χ3v) is 17.3. The zero-order chi connectivity index (χ0) is 20.7.